The molecule has 4 heteroatoms. The predicted octanol–water partition coefficient (Wildman–Crippen LogP) is 3.82. The molecule has 2 aromatic carbocycles. The van der Waals surface area contributed by atoms with Crippen LogP contribution in [0.3, 0.4) is 0 Å². The van der Waals surface area contributed by atoms with Gasteiger partial charge < -0.3 is 19.5 Å². The maximum atomic E-state index is 5.44. The Kier molecular flexibility index (Phi) is 6.94. The zero-order valence-electron chi connectivity index (χ0n) is 15.0. The molecule has 4 nitrogen and oxygen atoms in total. The van der Waals surface area contributed by atoms with Gasteiger partial charge in [0.05, 0.1) is 21.3 Å². The molecular formula is C20H27NO3. The lowest BCUT2D eigenvalue weighted by atomic mass is 10.1. The molecule has 2 rings (SSSR count). The Morgan fingerprint density at radius 2 is 1.54 bits per heavy atom. The van der Waals surface area contributed by atoms with Crippen molar-refractivity contribution in [3.05, 3.63) is 53.6 Å². The van der Waals surface area contributed by atoms with Gasteiger partial charge in [0.1, 0.15) is 17.2 Å². The van der Waals surface area contributed by atoms with Crippen molar-refractivity contribution in [1.29, 1.82) is 0 Å². The summed E-state index contributed by atoms with van der Waals surface area (Å²) in [6.07, 6.45) is 2.11. The van der Waals surface area contributed by atoms with Crippen LogP contribution in [-0.4, -0.2) is 27.4 Å². The van der Waals surface area contributed by atoms with Gasteiger partial charge in [-0.2, -0.15) is 0 Å². The molecule has 0 aromatic heterocycles. The fourth-order valence-electron chi connectivity index (χ4n) is 2.56. The molecule has 1 atom stereocenters. The molecule has 0 saturated heterocycles. The largest absolute Gasteiger partial charge is 0.497 e. The highest BCUT2D eigenvalue weighted by Gasteiger charge is 2.07. The van der Waals surface area contributed by atoms with Crippen LogP contribution in [0.4, 0.5) is 0 Å². The number of hydrogen-bond donors (Lipinski definition) is 1. The van der Waals surface area contributed by atoms with E-state index >= 15 is 0 Å². The number of hydrogen-bond acceptors (Lipinski definition) is 4. The van der Waals surface area contributed by atoms with Gasteiger partial charge in [0.2, 0.25) is 0 Å². The van der Waals surface area contributed by atoms with E-state index in [0.29, 0.717) is 6.04 Å². The second-order valence-corrected chi connectivity index (χ2v) is 5.85. The molecule has 0 radical (unpaired) electrons. The maximum Gasteiger partial charge on any atom is 0.127 e. The van der Waals surface area contributed by atoms with E-state index in [-0.39, 0.29) is 0 Å². The Balaban J connectivity index is 1.83. The molecule has 0 spiro atoms. The Morgan fingerprint density at radius 1 is 0.875 bits per heavy atom. The molecule has 24 heavy (non-hydrogen) atoms. The van der Waals surface area contributed by atoms with Gasteiger partial charge in [0.15, 0.2) is 0 Å². The normalized spacial score (nSPS) is 11.8. The van der Waals surface area contributed by atoms with Crippen LogP contribution in [0.15, 0.2) is 42.5 Å². The molecule has 2 aromatic rings. The van der Waals surface area contributed by atoms with Gasteiger partial charge in [-0.15, -0.1) is 0 Å². The van der Waals surface area contributed by atoms with E-state index in [1.807, 2.05) is 30.3 Å². The molecule has 0 unspecified atom stereocenters. The van der Waals surface area contributed by atoms with Gasteiger partial charge in [0, 0.05) is 24.2 Å². The minimum absolute atomic E-state index is 0.416. The van der Waals surface area contributed by atoms with Crippen molar-refractivity contribution >= 4 is 0 Å². The first-order valence-corrected chi connectivity index (χ1v) is 8.23. The molecule has 0 aliphatic carbocycles. The second kappa shape index (κ2) is 9.18. The first-order chi connectivity index (χ1) is 11.7. The third-order valence-electron chi connectivity index (χ3n) is 4.16. The zero-order chi connectivity index (χ0) is 17.4. The first kappa shape index (κ1) is 18.1. The first-order valence-electron chi connectivity index (χ1n) is 8.23. The molecular weight excluding hydrogens is 302 g/mol. The lowest BCUT2D eigenvalue weighted by Crippen LogP contribution is -2.26. The van der Waals surface area contributed by atoms with Crippen molar-refractivity contribution < 1.29 is 14.2 Å². The van der Waals surface area contributed by atoms with Gasteiger partial charge >= 0.3 is 0 Å². The van der Waals surface area contributed by atoms with E-state index < -0.39 is 0 Å². The van der Waals surface area contributed by atoms with Crippen LogP contribution in [0.25, 0.3) is 0 Å². The van der Waals surface area contributed by atoms with Gasteiger partial charge in [0.25, 0.3) is 0 Å². The summed E-state index contributed by atoms with van der Waals surface area (Å²) in [5, 5.41) is 3.56. The van der Waals surface area contributed by atoms with Crippen LogP contribution in [0.1, 0.15) is 24.5 Å². The highest BCUT2D eigenvalue weighted by molar-refractivity contribution is 5.40. The topological polar surface area (TPSA) is 39.7 Å². The zero-order valence-corrected chi connectivity index (χ0v) is 15.0. The number of rotatable bonds is 9. The second-order valence-electron chi connectivity index (χ2n) is 5.85. The summed E-state index contributed by atoms with van der Waals surface area (Å²) in [7, 11) is 5.04. The summed E-state index contributed by atoms with van der Waals surface area (Å²) in [6, 6.07) is 14.6. The number of methoxy groups -OCH3 is 3. The molecule has 0 fully saturated rings. The van der Waals surface area contributed by atoms with Crippen LogP contribution in [0, 0.1) is 0 Å². The molecule has 1 N–H and O–H groups in total. The third-order valence-corrected chi connectivity index (χ3v) is 4.16. The number of benzene rings is 2. The van der Waals surface area contributed by atoms with Gasteiger partial charge in [-0.25, -0.2) is 0 Å². The van der Waals surface area contributed by atoms with Crippen molar-refractivity contribution in [1.82, 2.24) is 5.32 Å². The number of aryl methyl sites for hydroxylation is 1. The summed E-state index contributed by atoms with van der Waals surface area (Å²) in [4.78, 5) is 0. The monoisotopic (exact) mass is 329 g/mol. The fourth-order valence-corrected chi connectivity index (χ4v) is 2.56. The van der Waals surface area contributed by atoms with E-state index in [4.69, 9.17) is 14.2 Å². The van der Waals surface area contributed by atoms with Crippen molar-refractivity contribution in [3.63, 3.8) is 0 Å². The highest BCUT2D eigenvalue weighted by atomic mass is 16.5. The predicted molar refractivity (Wildman–Crippen MR) is 97.2 cm³/mol. The van der Waals surface area contributed by atoms with Crippen molar-refractivity contribution in [2.45, 2.75) is 32.4 Å². The van der Waals surface area contributed by atoms with Gasteiger partial charge in [-0.05, 0) is 43.5 Å². The Hall–Kier alpha value is -2.20. The van der Waals surface area contributed by atoms with E-state index in [0.717, 1.165) is 42.2 Å². The van der Waals surface area contributed by atoms with Crippen molar-refractivity contribution in [2.75, 3.05) is 21.3 Å². The standard InChI is InChI=1S/C20H27NO3/c1-15(5-6-16-7-10-18(22-2)11-8-16)21-14-17-9-12-19(23-3)13-20(17)24-4/h7-13,15,21H,5-6,14H2,1-4H3/t15-/m0/s1. The smallest absolute Gasteiger partial charge is 0.127 e. The molecule has 0 aliphatic rings. The SMILES string of the molecule is COc1ccc(CC[C@H](C)NCc2ccc(OC)cc2OC)cc1. The van der Waals surface area contributed by atoms with E-state index in [1.54, 1.807) is 21.3 Å². The number of nitrogens with one attached hydrogen (secondary N) is 1. The lowest BCUT2D eigenvalue weighted by molar-refractivity contribution is 0.388. The Morgan fingerprint density at radius 3 is 2.17 bits per heavy atom. The molecule has 0 aliphatic heterocycles. The maximum absolute atomic E-state index is 5.44. The van der Waals surface area contributed by atoms with Crippen molar-refractivity contribution in [2.24, 2.45) is 0 Å². The van der Waals surface area contributed by atoms with Crippen LogP contribution in [0.5, 0.6) is 17.2 Å². The van der Waals surface area contributed by atoms with E-state index in [9.17, 15) is 0 Å². The Labute approximate surface area is 144 Å². The third kappa shape index (κ3) is 5.17. The van der Waals surface area contributed by atoms with Crippen LogP contribution < -0.4 is 19.5 Å². The molecule has 0 heterocycles. The van der Waals surface area contributed by atoms with E-state index in [1.165, 1.54) is 5.56 Å². The minimum Gasteiger partial charge on any atom is -0.497 e. The summed E-state index contributed by atoms with van der Waals surface area (Å²) >= 11 is 0. The molecule has 0 saturated carbocycles. The summed E-state index contributed by atoms with van der Waals surface area (Å²) < 4.78 is 15.9. The highest BCUT2D eigenvalue weighted by Crippen LogP contribution is 2.24. The average molecular weight is 329 g/mol. The number of ether oxygens (including phenoxy) is 3. The minimum atomic E-state index is 0.416. The summed E-state index contributed by atoms with van der Waals surface area (Å²) in [5.41, 5.74) is 2.46. The molecule has 0 bridgehead atoms. The van der Waals surface area contributed by atoms with Gasteiger partial charge in [-0.1, -0.05) is 18.2 Å². The average Bonchev–Trinajstić information content (AvgIpc) is 2.64. The summed E-state index contributed by atoms with van der Waals surface area (Å²) in [5.74, 6) is 2.56. The van der Waals surface area contributed by atoms with Gasteiger partial charge in [-0.3, -0.25) is 0 Å². The summed E-state index contributed by atoms with van der Waals surface area (Å²) in [6.45, 7) is 2.98. The van der Waals surface area contributed by atoms with Crippen LogP contribution >= 0.6 is 0 Å². The van der Waals surface area contributed by atoms with Crippen LogP contribution in [0.2, 0.25) is 0 Å². The van der Waals surface area contributed by atoms with Crippen LogP contribution in [-0.2, 0) is 13.0 Å². The molecule has 130 valence electrons. The van der Waals surface area contributed by atoms with E-state index in [2.05, 4.69) is 24.4 Å². The lowest BCUT2D eigenvalue weighted by Gasteiger charge is -2.16. The van der Waals surface area contributed by atoms with Crippen molar-refractivity contribution in [3.8, 4) is 17.2 Å². The molecule has 0 amide bonds. The Bertz CT molecular complexity index is 625. The quantitative estimate of drug-likeness (QED) is 0.759. The fraction of sp³-hybridized carbons (Fsp3) is 0.400.